The van der Waals surface area contributed by atoms with Crippen molar-refractivity contribution in [3.63, 3.8) is 0 Å². The molecule has 0 aliphatic rings. The van der Waals surface area contributed by atoms with E-state index >= 15 is 0 Å². The van der Waals surface area contributed by atoms with E-state index in [1.165, 1.54) is 0 Å². The fourth-order valence-corrected chi connectivity index (χ4v) is 3.86. The van der Waals surface area contributed by atoms with Gasteiger partial charge in [0.05, 0.1) is 40.8 Å². The molecule has 0 aliphatic heterocycles. The highest BCUT2D eigenvalue weighted by Gasteiger charge is 2.32. The molecule has 0 saturated carbocycles. The number of nitrogens with zero attached hydrogens (tertiary/aromatic N) is 2. The van der Waals surface area contributed by atoms with Crippen LogP contribution in [0.3, 0.4) is 0 Å². The van der Waals surface area contributed by atoms with Gasteiger partial charge in [0.1, 0.15) is 6.04 Å². The molecule has 10 heteroatoms. The molecule has 3 aromatic rings. The lowest BCUT2D eigenvalue weighted by Crippen LogP contribution is -2.45. The molecule has 4 N–H and O–H groups in total. The molecule has 0 fully saturated rings. The van der Waals surface area contributed by atoms with Gasteiger partial charge < -0.3 is 10.2 Å². The molecule has 2 atom stereocenters. The Morgan fingerprint density at radius 2 is 1.14 bits per heavy atom. The van der Waals surface area contributed by atoms with Crippen molar-refractivity contribution in [2.45, 2.75) is 77.7 Å². The Kier molecular flexibility index (Phi) is 11.1. The molecule has 3 rings (SSSR count). The van der Waals surface area contributed by atoms with Crippen molar-refractivity contribution >= 4 is 17.3 Å². The largest absolute Gasteiger partial charge is 0.507 e. The first kappa shape index (κ1) is 32.6. The Labute approximate surface area is 246 Å². The van der Waals surface area contributed by atoms with Crippen LogP contribution in [0.25, 0.3) is 5.76 Å². The number of rotatable bonds is 13. The van der Waals surface area contributed by atoms with E-state index in [2.05, 4.69) is 21.2 Å². The lowest BCUT2D eigenvalue weighted by atomic mass is 9.95. The number of carbonyl (C=O) groups excluding carboxylic acids is 2. The van der Waals surface area contributed by atoms with Crippen LogP contribution in [0.15, 0.2) is 78.8 Å². The molecular weight excluding hydrogens is 536 g/mol. The number of benzene rings is 2. The predicted octanol–water partition coefficient (Wildman–Crippen LogP) is 4.88. The Bertz CT molecular complexity index is 1370. The van der Waals surface area contributed by atoms with Crippen LogP contribution in [0.1, 0.15) is 68.6 Å². The number of aliphatic hydroxyl groups is 2. The molecule has 1 aromatic heterocycles. The zero-order chi connectivity index (χ0) is 30.9. The molecule has 0 aliphatic carbocycles. The average molecular weight is 577 g/mol. The fraction of sp³-hybridized carbons (Fsp3) is 0.375. The molecular formula is C32H40N4O6. The fourth-order valence-electron chi connectivity index (χ4n) is 3.86. The minimum Gasteiger partial charge on any atom is -0.507 e. The van der Waals surface area contributed by atoms with Crippen LogP contribution < -0.4 is 11.0 Å². The Balaban J connectivity index is 1.96. The number of hydrogen-bond donors (Lipinski definition) is 4. The summed E-state index contributed by atoms with van der Waals surface area (Å²) in [6.07, 6.45) is 2.65. The van der Waals surface area contributed by atoms with E-state index in [0.717, 1.165) is 23.5 Å². The summed E-state index contributed by atoms with van der Waals surface area (Å²) in [5.74, 6) is -2.86. The van der Waals surface area contributed by atoms with Crippen LogP contribution in [-0.2, 0) is 27.3 Å². The van der Waals surface area contributed by atoms with Gasteiger partial charge in [-0.05, 0) is 65.5 Å². The van der Waals surface area contributed by atoms with Crippen molar-refractivity contribution in [2.24, 2.45) is 0 Å². The van der Waals surface area contributed by atoms with Gasteiger partial charge in [-0.15, -0.1) is 0 Å². The summed E-state index contributed by atoms with van der Waals surface area (Å²) in [5, 5.41) is 30.0. The summed E-state index contributed by atoms with van der Waals surface area (Å²) < 4.78 is 0. The smallest absolute Gasteiger partial charge is 0.232 e. The molecule has 0 saturated heterocycles. The van der Waals surface area contributed by atoms with Crippen molar-refractivity contribution in [3.05, 3.63) is 101 Å². The number of Topliss-reactive ketones (excluding diaryl/α,β-unsaturated/α-hetero) is 2. The molecule has 10 nitrogen and oxygen atoms in total. The number of hydroxylamine groups is 2. The monoisotopic (exact) mass is 576 g/mol. The van der Waals surface area contributed by atoms with Gasteiger partial charge in [-0.1, -0.05) is 60.7 Å². The van der Waals surface area contributed by atoms with E-state index in [0.29, 0.717) is 0 Å². The maximum Gasteiger partial charge on any atom is 0.232 e. The maximum atomic E-state index is 13.6. The second-order valence-corrected chi connectivity index (χ2v) is 11.9. The average Bonchev–Trinajstić information content (AvgIpc) is 2.96. The zero-order valence-electron chi connectivity index (χ0n) is 24.9. The summed E-state index contributed by atoms with van der Waals surface area (Å²) in [6.45, 7) is 10.9. The van der Waals surface area contributed by atoms with Gasteiger partial charge in [-0.2, -0.15) is 21.2 Å². The maximum absolute atomic E-state index is 13.6. The molecule has 42 heavy (non-hydrogen) atoms. The van der Waals surface area contributed by atoms with Crippen LogP contribution in [0.5, 0.6) is 0 Å². The molecule has 0 radical (unpaired) electrons. The molecule has 2 aromatic carbocycles. The summed E-state index contributed by atoms with van der Waals surface area (Å²) in [4.78, 5) is 38.5. The predicted molar refractivity (Wildman–Crippen MR) is 159 cm³/mol. The lowest BCUT2D eigenvalue weighted by molar-refractivity contribution is -0.128. The molecule has 224 valence electrons. The van der Waals surface area contributed by atoms with Crippen LogP contribution in [0.4, 0.5) is 0 Å². The second kappa shape index (κ2) is 14.3. The third-order valence-corrected chi connectivity index (χ3v) is 5.92. The van der Waals surface area contributed by atoms with Gasteiger partial charge in [0.2, 0.25) is 11.6 Å². The normalized spacial score (nSPS) is 14.1. The number of hydrogen-bond acceptors (Lipinski definition) is 10. The summed E-state index contributed by atoms with van der Waals surface area (Å²) in [7, 11) is 0. The van der Waals surface area contributed by atoms with E-state index in [-0.39, 0.29) is 24.0 Å². The number of aromatic nitrogens is 2. The Morgan fingerprint density at radius 3 is 1.62 bits per heavy atom. The van der Waals surface area contributed by atoms with E-state index in [9.17, 15) is 19.8 Å². The minimum atomic E-state index is -1.03. The third-order valence-electron chi connectivity index (χ3n) is 5.92. The second-order valence-electron chi connectivity index (χ2n) is 11.9. The van der Waals surface area contributed by atoms with Gasteiger partial charge in [-0.3, -0.25) is 19.3 Å². The van der Waals surface area contributed by atoms with Gasteiger partial charge in [-0.25, -0.2) is 0 Å². The number of aliphatic hydroxyl groups excluding tert-OH is 2. The summed E-state index contributed by atoms with van der Waals surface area (Å²) in [5.41, 5.74) is 5.65. The number of nitrogens with one attached hydrogen (secondary N) is 2. The van der Waals surface area contributed by atoms with Gasteiger partial charge in [0.25, 0.3) is 0 Å². The molecule has 0 unspecified atom stereocenters. The molecule has 0 bridgehead atoms. The van der Waals surface area contributed by atoms with Gasteiger partial charge >= 0.3 is 0 Å². The van der Waals surface area contributed by atoms with Crippen molar-refractivity contribution in [1.82, 2.24) is 21.2 Å². The highest BCUT2D eigenvalue weighted by Crippen LogP contribution is 2.23. The quantitative estimate of drug-likeness (QED) is 0.0963. The third kappa shape index (κ3) is 9.85. The van der Waals surface area contributed by atoms with E-state index < -0.39 is 46.4 Å². The Morgan fingerprint density at radius 1 is 0.714 bits per heavy atom. The van der Waals surface area contributed by atoms with Gasteiger partial charge in [0.15, 0.2) is 11.5 Å². The zero-order valence-corrected chi connectivity index (χ0v) is 24.9. The highest BCUT2D eigenvalue weighted by molar-refractivity contribution is 6.45. The van der Waals surface area contributed by atoms with E-state index in [1.54, 1.807) is 0 Å². The highest BCUT2D eigenvalue weighted by atomic mass is 16.7. The Hall–Kier alpha value is -3.96. The topological polar surface area (TPSA) is 143 Å². The van der Waals surface area contributed by atoms with Gasteiger partial charge in [0, 0.05) is 0 Å². The molecule has 0 spiro atoms. The van der Waals surface area contributed by atoms with Crippen molar-refractivity contribution in [1.29, 1.82) is 0 Å². The number of ketones is 2. The first-order valence-electron chi connectivity index (χ1n) is 13.7. The van der Waals surface area contributed by atoms with Crippen LogP contribution in [0.2, 0.25) is 0 Å². The summed E-state index contributed by atoms with van der Waals surface area (Å²) >= 11 is 0. The van der Waals surface area contributed by atoms with Crippen molar-refractivity contribution in [2.75, 3.05) is 0 Å². The first-order valence-corrected chi connectivity index (χ1v) is 13.7. The van der Waals surface area contributed by atoms with E-state index in [4.69, 9.17) is 9.68 Å². The number of carbonyl (C=O) groups is 2. The first-order chi connectivity index (χ1) is 19.7. The summed E-state index contributed by atoms with van der Waals surface area (Å²) in [6, 6.07) is 16.6. The lowest BCUT2D eigenvalue weighted by Gasteiger charge is -2.26. The van der Waals surface area contributed by atoms with E-state index in [1.807, 2.05) is 102 Å². The van der Waals surface area contributed by atoms with Crippen LogP contribution in [0, 0.1) is 0 Å². The minimum absolute atomic E-state index is 0.147. The van der Waals surface area contributed by atoms with Crippen LogP contribution >= 0.6 is 0 Å². The van der Waals surface area contributed by atoms with Crippen molar-refractivity contribution in [3.8, 4) is 0 Å². The molecule has 0 amide bonds. The molecule has 1 heterocycles. The van der Waals surface area contributed by atoms with Crippen LogP contribution in [-0.4, -0.2) is 55.3 Å². The van der Waals surface area contributed by atoms with Crippen molar-refractivity contribution < 1.29 is 29.5 Å². The SMILES string of the molecule is CC(C)(C)ON[C@@H](Cc1ccccc1)C(=O)C(=O)c1cnncc1C(O)=C(O)[C@H](Cc1ccccc1)NOC(C)(C)C. The standard InChI is InChI=1S/C32H40N4O6/c1-31(2,3)41-35-25(17-21-13-9-7-10-14-21)29(39)27(37)23-19-33-34-20-24(23)28(38)30(40)26(36-42-32(4,5)6)18-22-15-11-8-12-16-22/h7-16,19-20,25-26,35-37,39H,17-18H2,1-6H3/t25-,26-/m0/s1.